The number of carboxylic acids is 1. The standard InChI is InChI=1S/C9H10O5S/c10-9(11)6-3-7-1-4-8(5-2-7)15(12,13)14/h1-2,4-5H,3,6H2,(H,10,11)(H,12,13,14). The number of hydrogen-bond donors (Lipinski definition) is 2. The number of rotatable bonds is 4. The van der Waals surface area contributed by atoms with Crippen LogP contribution in [-0.4, -0.2) is 24.0 Å². The number of carboxylic acid groups (broad SMARTS) is 1. The molecule has 0 aliphatic carbocycles. The molecule has 0 unspecified atom stereocenters. The first-order valence-electron chi connectivity index (χ1n) is 4.18. The predicted octanol–water partition coefficient (Wildman–Crippen LogP) is 0.951. The molecule has 15 heavy (non-hydrogen) atoms. The van der Waals surface area contributed by atoms with E-state index in [0.717, 1.165) is 0 Å². The molecule has 6 heteroatoms. The van der Waals surface area contributed by atoms with Gasteiger partial charge in [-0.15, -0.1) is 0 Å². The van der Waals surface area contributed by atoms with E-state index in [9.17, 15) is 13.2 Å². The Bertz CT molecular complexity index is 446. The van der Waals surface area contributed by atoms with Crippen molar-refractivity contribution in [2.45, 2.75) is 17.7 Å². The molecule has 0 radical (unpaired) electrons. The van der Waals surface area contributed by atoms with Gasteiger partial charge in [-0.2, -0.15) is 8.42 Å². The van der Waals surface area contributed by atoms with E-state index in [0.29, 0.717) is 12.0 Å². The van der Waals surface area contributed by atoms with Crippen LogP contribution in [0.15, 0.2) is 29.2 Å². The summed E-state index contributed by atoms with van der Waals surface area (Å²) in [5.74, 6) is -0.908. The molecule has 0 aromatic heterocycles. The van der Waals surface area contributed by atoms with Gasteiger partial charge < -0.3 is 5.11 Å². The van der Waals surface area contributed by atoms with Gasteiger partial charge in [0, 0.05) is 6.42 Å². The average Bonchev–Trinajstić information content (AvgIpc) is 2.14. The molecule has 5 nitrogen and oxygen atoms in total. The number of hydrogen-bond acceptors (Lipinski definition) is 3. The van der Waals surface area contributed by atoms with Crippen LogP contribution in [-0.2, 0) is 21.3 Å². The maximum atomic E-state index is 10.7. The summed E-state index contributed by atoms with van der Waals surface area (Å²) < 4.78 is 30.0. The van der Waals surface area contributed by atoms with Crippen molar-refractivity contribution in [3.8, 4) is 0 Å². The lowest BCUT2D eigenvalue weighted by Gasteiger charge is -2.00. The van der Waals surface area contributed by atoms with Gasteiger partial charge in [0.25, 0.3) is 10.1 Å². The highest BCUT2D eigenvalue weighted by atomic mass is 32.2. The van der Waals surface area contributed by atoms with Crippen LogP contribution < -0.4 is 0 Å². The highest BCUT2D eigenvalue weighted by molar-refractivity contribution is 7.85. The van der Waals surface area contributed by atoms with Gasteiger partial charge in [-0.05, 0) is 24.1 Å². The van der Waals surface area contributed by atoms with Crippen LogP contribution in [0.1, 0.15) is 12.0 Å². The van der Waals surface area contributed by atoms with Crippen LogP contribution in [0.4, 0.5) is 0 Å². The maximum Gasteiger partial charge on any atom is 0.303 e. The highest BCUT2D eigenvalue weighted by Gasteiger charge is 2.08. The van der Waals surface area contributed by atoms with E-state index in [4.69, 9.17) is 9.66 Å². The molecule has 0 bridgehead atoms. The van der Waals surface area contributed by atoms with Gasteiger partial charge in [-0.1, -0.05) is 12.1 Å². The van der Waals surface area contributed by atoms with Crippen molar-refractivity contribution in [3.63, 3.8) is 0 Å². The van der Waals surface area contributed by atoms with Crippen LogP contribution in [0, 0.1) is 0 Å². The molecule has 1 aromatic rings. The fraction of sp³-hybridized carbons (Fsp3) is 0.222. The van der Waals surface area contributed by atoms with Gasteiger partial charge >= 0.3 is 5.97 Å². The van der Waals surface area contributed by atoms with Crippen molar-refractivity contribution in [1.29, 1.82) is 0 Å². The Balaban J connectivity index is 2.77. The summed E-state index contributed by atoms with van der Waals surface area (Å²) in [4.78, 5) is 10.1. The van der Waals surface area contributed by atoms with E-state index < -0.39 is 16.1 Å². The molecule has 0 aliphatic rings. The van der Waals surface area contributed by atoms with Crippen LogP contribution in [0.3, 0.4) is 0 Å². The second-order valence-corrected chi connectivity index (χ2v) is 4.43. The third-order valence-corrected chi connectivity index (χ3v) is 2.72. The van der Waals surface area contributed by atoms with Crippen LogP contribution in [0.2, 0.25) is 0 Å². The SMILES string of the molecule is O=C(O)CCc1ccc(S(=O)(=O)O)cc1. The number of aryl methyl sites for hydroxylation is 1. The minimum atomic E-state index is -4.17. The second kappa shape index (κ2) is 4.41. The normalized spacial score (nSPS) is 11.3. The van der Waals surface area contributed by atoms with Crippen molar-refractivity contribution in [3.05, 3.63) is 29.8 Å². The molecule has 0 fully saturated rings. The Morgan fingerprint density at radius 2 is 1.73 bits per heavy atom. The van der Waals surface area contributed by atoms with E-state index in [1.807, 2.05) is 0 Å². The van der Waals surface area contributed by atoms with Crippen molar-refractivity contribution >= 4 is 16.1 Å². The van der Waals surface area contributed by atoms with Gasteiger partial charge in [0.1, 0.15) is 0 Å². The minimum absolute atomic E-state index is 0.00871. The first-order chi connectivity index (χ1) is 6.89. The molecule has 0 saturated carbocycles. The van der Waals surface area contributed by atoms with Gasteiger partial charge in [0.2, 0.25) is 0 Å². The summed E-state index contributed by atoms with van der Waals surface area (Å²) >= 11 is 0. The minimum Gasteiger partial charge on any atom is -0.481 e. The van der Waals surface area contributed by atoms with Crippen molar-refractivity contribution < 1.29 is 22.9 Å². The van der Waals surface area contributed by atoms with Gasteiger partial charge in [0.15, 0.2) is 0 Å². The third kappa shape index (κ3) is 3.69. The molecule has 82 valence electrons. The zero-order valence-corrected chi connectivity index (χ0v) is 8.57. The molecule has 0 atom stereocenters. The summed E-state index contributed by atoms with van der Waals surface area (Å²) in [6, 6.07) is 5.44. The predicted molar refractivity (Wildman–Crippen MR) is 52.2 cm³/mol. The molecular weight excluding hydrogens is 220 g/mol. The van der Waals surface area contributed by atoms with Gasteiger partial charge in [-0.25, -0.2) is 0 Å². The molecule has 0 spiro atoms. The van der Waals surface area contributed by atoms with E-state index in [1.165, 1.54) is 24.3 Å². The molecular formula is C9H10O5S. The Kier molecular flexibility index (Phi) is 3.43. The first kappa shape index (κ1) is 11.7. The third-order valence-electron chi connectivity index (χ3n) is 1.85. The molecule has 0 aliphatic heterocycles. The largest absolute Gasteiger partial charge is 0.481 e. The molecule has 1 rings (SSSR count). The zero-order chi connectivity index (χ0) is 11.5. The van der Waals surface area contributed by atoms with E-state index >= 15 is 0 Å². The molecule has 0 amide bonds. The highest BCUT2D eigenvalue weighted by Crippen LogP contribution is 2.11. The molecule has 0 saturated heterocycles. The van der Waals surface area contributed by atoms with Crippen molar-refractivity contribution in [1.82, 2.24) is 0 Å². The quantitative estimate of drug-likeness (QED) is 0.751. The van der Waals surface area contributed by atoms with Gasteiger partial charge in [-0.3, -0.25) is 9.35 Å². The summed E-state index contributed by atoms with van der Waals surface area (Å²) in [6.45, 7) is 0. The number of carbonyl (C=O) groups is 1. The fourth-order valence-corrected chi connectivity index (χ4v) is 1.56. The topological polar surface area (TPSA) is 91.7 Å². The summed E-state index contributed by atoms with van der Waals surface area (Å²) in [5, 5.41) is 8.42. The van der Waals surface area contributed by atoms with E-state index in [1.54, 1.807) is 0 Å². The van der Waals surface area contributed by atoms with Crippen LogP contribution in [0.5, 0.6) is 0 Å². The Hall–Kier alpha value is -1.40. The Morgan fingerprint density at radius 1 is 1.20 bits per heavy atom. The molecule has 2 N–H and O–H groups in total. The molecule has 1 aromatic carbocycles. The van der Waals surface area contributed by atoms with Crippen LogP contribution in [0.25, 0.3) is 0 Å². The number of aliphatic carboxylic acids is 1. The monoisotopic (exact) mass is 230 g/mol. The lowest BCUT2D eigenvalue weighted by Crippen LogP contribution is -2.00. The summed E-state index contributed by atoms with van der Waals surface area (Å²) in [5.41, 5.74) is 0.713. The second-order valence-electron chi connectivity index (χ2n) is 3.01. The lowest BCUT2D eigenvalue weighted by molar-refractivity contribution is -0.136. The summed E-state index contributed by atoms with van der Waals surface area (Å²) in [7, 11) is -4.17. The lowest BCUT2D eigenvalue weighted by atomic mass is 10.1. The van der Waals surface area contributed by atoms with Crippen LogP contribution >= 0.6 is 0 Å². The van der Waals surface area contributed by atoms with E-state index in [-0.39, 0.29) is 11.3 Å². The fourth-order valence-electron chi connectivity index (χ4n) is 1.08. The van der Waals surface area contributed by atoms with Crippen molar-refractivity contribution in [2.75, 3.05) is 0 Å². The zero-order valence-electron chi connectivity index (χ0n) is 7.75. The Morgan fingerprint density at radius 3 is 2.13 bits per heavy atom. The first-order valence-corrected chi connectivity index (χ1v) is 5.62. The van der Waals surface area contributed by atoms with E-state index in [2.05, 4.69) is 0 Å². The maximum absolute atomic E-state index is 10.7. The average molecular weight is 230 g/mol. The van der Waals surface area contributed by atoms with Gasteiger partial charge in [0.05, 0.1) is 4.90 Å². The summed E-state index contributed by atoms with van der Waals surface area (Å²) in [6.07, 6.45) is 0.326. The smallest absolute Gasteiger partial charge is 0.303 e. The molecule has 0 heterocycles. The number of benzene rings is 1. The Labute approximate surface area is 87.1 Å². The van der Waals surface area contributed by atoms with Crippen molar-refractivity contribution in [2.24, 2.45) is 0 Å².